The van der Waals surface area contributed by atoms with Crippen molar-refractivity contribution in [2.75, 3.05) is 11.5 Å². The Bertz CT molecular complexity index is 1250. The summed E-state index contributed by atoms with van der Waals surface area (Å²) in [6.07, 6.45) is 0. The summed E-state index contributed by atoms with van der Waals surface area (Å²) in [5.74, 6) is 0.297. The summed E-state index contributed by atoms with van der Waals surface area (Å²) in [4.78, 5) is 31.0. The van der Waals surface area contributed by atoms with Crippen LogP contribution in [0.4, 0.5) is 10.5 Å². The van der Waals surface area contributed by atoms with Crippen molar-refractivity contribution in [2.24, 2.45) is 5.92 Å². The molecule has 3 aliphatic rings. The van der Waals surface area contributed by atoms with Crippen molar-refractivity contribution in [1.29, 1.82) is 0 Å². The monoisotopic (exact) mass is 444 g/mol. The Morgan fingerprint density at radius 2 is 1.72 bits per heavy atom. The van der Waals surface area contributed by atoms with Gasteiger partial charge in [-0.25, -0.2) is 9.69 Å². The van der Waals surface area contributed by atoms with Crippen molar-refractivity contribution >= 4 is 29.2 Å². The Hall–Kier alpha value is -3.31. The number of urea groups is 1. The maximum absolute atomic E-state index is 14.0. The minimum absolute atomic E-state index is 0.0355. The minimum atomic E-state index is -1.04. The zero-order chi connectivity index (χ0) is 22.0. The molecule has 0 saturated carbocycles. The molecule has 160 valence electrons. The molecule has 32 heavy (non-hydrogen) atoms. The second kappa shape index (κ2) is 6.84. The van der Waals surface area contributed by atoms with E-state index in [1.807, 2.05) is 61.5 Å². The number of fused-ring (bicyclic) bond motifs is 5. The van der Waals surface area contributed by atoms with Crippen LogP contribution in [0.1, 0.15) is 30.0 Å². The Morgan fingerprint density at radius 1 is 0.969 bits per heavy atom. The number of rotatable bonds is 2. The predicted octanol–water partition coefficient (Wildman–Crippen LogP) is 5.41. The van der Waals surface area contributed by atoms with Crippen molar-refractivity contribution in [3.8, 4) is 5.75 Å². The molecule has 2 saturated heterocycles. The van der Waals surface area contributed by atoms with Crippen LogP contribution in [0.15, 0.2) is 78.9 Å². The molecule has 3 unspecified atom stereocenters. The fourth-order valence-corrected chi connectivity index (χ4v) is 6.06. The fraction of sp³-hybridized carbons (Fsp3) is 0.231. The van der Waals surface area contributed by atoms with Crippen molar-refractivity contribution in [2.45, 2.75) is 24.4 Å². The van der Waals surface area contributed by atoms with E-state index in [0.29, 0.717) is 17.3 Å². The zero-order valence-electron chi connectivity index (χ0n) is 17.4. The highest BCUT2D eigenvalue weighted by Gasteiger charge is 2.70. The van der Waals surface area contributed by atoms with Gasteiger partial charge in [-0.2, -0.15) is 0 Å². The second-order valence-electron chi connectivity index (χ2n) is 8.77. The highest BCUT2D eigenvalue weighted by atomic mass is 35.5. The van der Waals surface area contributed by atoms with E-state index in [4.69, 9.17) is 16.3 Å². The smallest absolute Gasteiger partial charge is 0.332 e. The van der Waals surface area contributed by atoms with Gasteiger partial charge in [0, 0.05) is 22.4 Å². The van der Waals surface area contributed by atoms with Crippen LogP contribution in [0.3, 0.4) is 0 Å². The van der Waals surface area contributed by atoms with Gasteiger partial charge in [-0.1, -0.05) is 66.2 Å². The Morgan fingerprint density at radius 3 is 2.50 bits per heavy atom. The average Bonchev–Trinajstić information content (AvgIpc) is 3.19. The van der Waals surface area contributed by atoms with Gasteiger partial charge in [0.2, 0.25) is 0 Å². The molecule has 6 rings (SSSR count). The van der Waals surface area contributed by atoms with Crippen LogP contribution < -0.4 is 9.64 Å². The van der Waals surface area contributed by atoms with Crippen molar-refractivity contribution in [1.82, 2.24) is 4.90 Å². The number of anilines is 1. The molecule has 0 aliphatic carbocycles. The van der Waals surface area contributed by atoms with Gasteiger partial charge in [-0.15, -0.1) is 0 Å². The molecule has 0 radical (unpaired) electrons. The SMILES string of the molecule is C[C@]12C(=O)N(c3cccc(Cl)c3)C(=O)N1C1c3ccccc3OCC1C2c1ccccc1. The van der Waals surface area contributed by atoms with E-state index in [2.05, 4.69) is 0 Å². The summed E-state index contributed by atoms with van der Waals surface area (Å²) in [6.45, 7) is 2.35. The molecule has 3 aromatic carbocycles. The summed E-state index contributed by atoms with van der Waals surface area (Å²) in [7, 11) is 0. The largest absolute Gasteiger partial charge is 0.493 e. The number of hydrogen-bond acceptors (Lipinski definition) is 3. The lowest BCUT2D eigenvalue weighted by Gasteiger charge is -2.34. The molecule has 0 aromatic heterocycles. The van der Waals surface area contributed by atoms with Gasteiger partial charge < -0.3 is 9.64 Å². The normalized spacial score (nSPS) is 28.2. The summed E-state index contributed by atoms with van der Waals surface area (Å²) in [6, 6.07) is 24.1. The van der Waals surface area contributed by atoms with Crippen LogP contribution in [0, 0.1) is 5.92 Å². The second-order valence-corrected chi connectivity index (χ2v) is 9.20. The van der Waals surface area contributed by atoms with Gasteiger partial charge in [-0.3, -0.25) is 4.79 Å². The van der Waals surface area contributed by atoms with Gasteiger partial charge in [-0.05, 0) is 36.8 Å². The molecule has 6 heteroatoms. The van der Waals surface area contributed by atoms with Gasteiger partial charge in [0.1, 0.15) is 11.3 Å². The molecule has 4 atom stereocenters. The fourth-order valence-electron chi connectivity index (χ4n) is 5.88. The first kappa shape index (κ1) is 19.4. The van der Waals surface area contributed by atoms with Crippen LogP contribution in [-0.2, 0) is 4.79 Å². The summed E-state index contributed by atoms with van der Waals surface area (Å²) in [5.41, 5.74) is 1.43. The van der Waals surface area contributed by atoms with E-state index in [9.17, 15) is 9.59 Å². The Kier molecular flexibility index (Phi) is 4.14. The number of para-hydroxylation sites is 1. The number of carbonyl (C=O) groups excluding carboxylic acids is 2. The average molecular weight is 445 g/mol. The minimum Gasteiger partial charge on any atom is -0.493 e. The highest BCUT2D eigenvalue weighted by Crippen LogP contribution is 2.61. The first-order valence-electron chi connectivity index (χ1n) is 10.7. The van der Waals surface area contributed by atoms with E-state index in [1.54, 1.807) is 29.2 Å². The van der Waals surface area contributed by atoms with E-state index in [1.165, 1.54) is 4.90 Å². The summed E-state index contributed by atoms with van der Waals surface area (Å²) in [5, 5.41) is 0.481. The number of hydrogen-bond donors (Lipinski definition) is 0. The van der Waals surface area contributed by atoms with Crippen LogP contribution >= 0.6 is 11.6 Å². The van der Waals surface area contributed by atoms with E-state index in [-0.39, 0.29) is 29.8 Å². The van der Waals surface area contributed by atoms with Crippen molar-refractivity contribution in [3.05, 3.63) is 95.0 Å². The number of ether oxygens (including phenoxy) is 1. The number of carbonyl (C=O) groups is 2. The van der Waals surface area contributed by atoms with Crippen LogP contribution in [0.25, 0.3) is 0 Å². The summed E-state index contributed by atoms with van der Waals surface area (Å²) < 4.78 is 6.12. The van der Waals surface area contributed by atoms with Crippen LogP contribution in [0.2, 0.25) is 5.02 Å². The van der Waals surface area contributed by atoms with Crippen LogP contribution in [-0.4, -0.2) is 29.0 Å². The van der Waals surface area contributed by atoms with E-state index in [0.717, 1.165) is 16.9 Å². The van der Waals surface area contributed by atoms with Crippen molar-refractivity contribution in [3.63, 3.8) is 0 Å². The van der Waals surface area contributed by atoms with Gasteiger partial charge in [0.05, 0.1) is 18.3 Å². The summed E-state index contributed by atoms with van der Waals surface area (Å²) >= 11 is 6.20. The maximum atomic E-state index is 14.0. The molecule has 3 aliphatic heterocycles. The number of halogens is 1. The van der Waals surface area contributed by atoms with Crippen molar-refractivity contribution < 1.29 is 14.3 Å². The molecule has 0 spiro atoms. The predicted molar refractivity (Wildman–Crippen MR) is 122 cm³/mol. The Balaban J connectivity index is 1.57. The maximum Gasteiger partial charge on any atom is 0.332 e. The molecule has 0 N–H and O–H groups in total. The third kappa shape index (κ3) is 2.46. The number of nitrogens with zero attached hydrogens (tertiary/aromatic N) is 2. The van der Waals surface area contributed by atoms with Gasteiger partial charge in [0.15, 0.2) is 0 Å². The topological polar surface area (TPSA) is 49.9 Å². The van der Waals surface area contributed by atoms with Gasteiger partial charge >= 0.3 is 6.03 Å². The molecular formula is C26H21ClN2O3. The lowest BCUT2D eigenvalue weighted by Crippen LogP contribution is -2.46. The Labute approximate surface area is 191 Å². The van der Waals surface area contributed by atoms with Crippen LogP contribution in [0.5, 0.6) is 5.75 Å². The third-order valence-electron chi connectivity index (χ3n) is 7.15. The molecule has 3 amide bonds. The third-order valence-corrected chi connectivity index (χ3v) is 7.38. The molecule has 0 bridgehead atoms. The quantitative estimate of drug-likeness (QED) is 0.496. The highest BCUT2D eigenvalue weighted by molar-refractivity contribution is 6.31. The first-order valence-corrected chi connectivity index (χ1v) is 11.1. The molecule has 3 aromatic rings. The standard InChI is InChI=1S/C26H21ClN2O3/c1-26-22(16-8-3-2-4-9-16)20-15-32-21-13-6-5-12-19(21)23(20)29(26)25(31)28(24(26)30)18-11-7-10-17(27)14-18/h2-14,20,22-23H,15H2,1H3/t20?,22?,23?,26-/m0/s1. The molecule has 2 fully saturated rings. The molecular weight excluding hydrogens is 424 g/mol. The van der Waals surface area contributed by atoms with Gasteiger partial charge in [0.25, 0.3) is 5.91 Å². The van der Waals surface area contributed by atoms with E-state index < -0.39 is 5.54 Å². The zero-order valence-corrected chi connectivity index (χ0v) is 18.2. The lowest BCUT2D eigenvalue weighted by molar-refractivity contribution is -0.124. The number of imide groups is 1. The molecule has 3 heterocycles. The number of benzene rings is 3. The first-order chi connectivity index (χ1) is 15.5. The lowest BCUT2D eigenvalue weighted by atomic mass is 9.73. The number of amides is 3. The van der Waals surface area contributed by atoms with E-state index >= 15 is 0 Å². The molecule has 5 nitrogen and oxygen atoms in total.